The predicted molar refractivity (Wildman–Crippen MR) is 99.6 cm³/mol. The van der Waals surface area contributed by atoms with E-state index >= 15 is 0 Å². The fourth-order valence-electron chi connectivity index (χ4n) is 3.10. The zero-order valence-electron chi connectivity index (χ0n) is 17.7. The van der Waals surface area contributed by atoms with Crippen LogP contribution in [-0.2, 0) is 14.3 Å². The first-order valence-electron chi connectivity index (χ1n) is 9.01. The van der Waals surface area contributed by atoms with Gasteiger partial charge in [-0.1, -0.05) is 20.8 Å². The van der Waals surface area contributed by atoms with E-state index in [2.05, 4.69) is 0 Å². The predicted octanol–water partition coefficient (Wildman–Crippen LogP) is 4.83. The summed E-state index contributed by atoms with van der Waals surface area (Å²) >= 11 is 0. The van der Waals surface area contributed by atoms with Crippen LogP contribution in [0, 0.1) is 22.2 Å². The van der Waals surface area contributed by atoms with Crippen molar-refractivity contribution in [2.45, 2.75) is 93.8 Å². The van der Waals surface area contributed by atoms with Crippen molar-refractivity contribution < 1.29 is 24.5 Å². The van der Waals surface area contributed by atoms with E-state index in [1.54, 1.807) is 27.7 Å². The van der Waals surface area contributed by atoms with Gasteiger partial charge >= 0.3 is 11.9 Å². The molecular formula is C20H38O5. The van der Waals surface area contributed by atoms with E-state index in [1.165, 1.54) is 0 Å². The third-order valence-electron chi connectivity index (χ3n) is 6.13. The highest BCUT2D eigenvalue weighted by atomic mass is 16.5. The number of hydrogen-bond donors (Lipinski definition) is 2. The van der Waals surface area contributed by atoms with Gasteiger partial charge in [0.15, 0.2) is 0 Å². The van der Waals surface area contributed by atoms with Crippen molar-refractivity contribution in [3.05, 3.63) is 0 Å². The smallest absolute Gasteiger partial charge is 0.309 e. The monoisotopic (exact) mass is 358 g/mol. The van der Waals surface area contributed by atoms with Crippen LogP contribution in [0.25, 0.3) is 0 Å². The molecule has 0 aromatic rings. The Morgan fingerprint density at radius 3 is 1.64 bits per heavy atom. The minimum atomic E-state index is -0.868. The first-order valence-corrected chi connectivity index (χ1v) is 9.01. The molecule has 148 valence electrons. The van der Waals surface area contributed by atoms with Crippen LogP contribution in [0.1, 0.15) is 82.1 Å². The molecule has 0 aliphatic heterocycles. The van der Waals surface area contributed by atoms with Crippen LogP contribution >= 0.6 is 0 Å². The fourth-order valence-corrected chi connectivity index (χ4v) is 3.10. The van der Waals surface area contributed by atoms with Gasteiger partial charge < -0.3 is 14.9 Å². The highest BCUT2D eigenvalue weighted by Gasteiger charge is 2.45. The standard InChI is InChI=1S/C20H38O5/c1-13(19(7,8)15(21)22)11-18(5,6)25-14(2)12-17(3,4)20(9,10)16(23)24/h13-14H,11-12H2,1-10H3,(H,21,22)(H,23,24). The summed E-state index contributed by atoms with van der Waals surface area (Å²) < 4.78 is 6.21. The van der Waals surface area contributed by atoms with Crippen LogP contribution in [0.15, 0.2) is 0 Å². The van der Waals surface area contributed by atoms with Crippen LogP contribution in [0.4, 0.5) is 0 Å². The number of carboxylic acids is 2. The minimum absolute atomic E-state index is 0.0596. The molecule has 0 spiro atoms. The third kappa shape index (κ3) is 5.98. The number of carbonyl (C=O) groups is 2. The molecule has 5 nitrogen and oxygen atoms in total. The van der Waals surface area contributed by atoms with E-state index in [-0.39, 0.29) is 12.0 Å². The normalized spacial score (nSPS) is 16.4. The van der Waals surface area contributed by atoms with Crippen molar-refractivity contribution in [3.63, 3.8) is 0 Å². The number of hydrogen-bond acceptors (Lipinski definition) is 3. The van der Waals surface area contributed by atoms with Gasteiger partial charge in [-0.15, -0.1) is 0 Å². The van der Waals surface area contributed by atoms with E-state index in [0.29, 0.717) is 12.8 Å². The zero-order valence-corrected chi connectivity index (χ0v) is 17.7. The number of ether oxygens (including phenoxy) is 1. The molecule has 2 unspecified atom stereocenters. The van der Waals surface area contributed by atoms with Crippen molar-refractivity contribution >= 4 is 11.9 Å². The van der Waals surface area contributed by atoms with Crippen molar-refractivity contribution in [1.29, 1.82) is 0 Å². The first-order chi connectivity index (χ1) is 10.9. The second kappa shape index (κ2) is 7.65. The average Bonchev–Trinajstić information content (AvgIpc) is 2.35. The van der Waals surface area contributed by atoms with Gasteiger partial charge in [-0.3, -0.25) is 9.59 Å². The van der Waals surface area contributed by atoms with Crippen LogP contribution in [0.2, 0.25) is 0 Å². The number of aliphatic carboxylic acids is 2. The van der Waals surface area contributed by atoms with Gasteiger partial charge in [0.25, 0.3) is 0 Å². The van der Waals surface area contributed by atoms with Crippen LogP contribution in [0.5, 0.6) is 0 Å². The Balaban J connectivity index is 5.02. The Morgan fingerprint density at radius 2 is 1.28 bits per heavy atom. The van der Waals surface area contributed by atoms with E-state index in [0.717, 1.165) is 0 Å². The Labute approximate surface area is 153 Å². The summed E-state index contributed by atoms with van der Waals surface area (Å²) in [5, 5.41) is 18.9. The highest BCUT2D eigenvalue weighted by Crippen LogP contribution is 2.43. The lowest BCUT2D eigenvalue weighted by atomic mass is 9.65. The second-order valence-electron chi connectivity index (χ2n) is 9.84. The molecule has 0 amide bonds. The Morgan fingerprint density at radius 1 is 0.840 bits per heavy atom. The maximum Gasteiger partial charge on any atom is 0.309 e. The summed E-state index contributed by atoms with van der Waals surface area (Å²) in [6.07, 6.45) is 1.08. The lowest BCUT2D eigenvalue weighted by Gasteiger charge is -2.42. The molecule has 0 fully saturated rings. The third-order valence-corrected chi connectivity index (χ3v) is 6.13. The summed E-state index contributed by atoms with van der Waals surface area (Å²) in [4.78, 5) is 23.0. The molecule has 0 saturated heterocycles. The minimum Gasteiger partial charge on any atom is -0.481 e. The summed E-state index contributed by atoms with van der Waals surface area (Å²) in [7, 11) is 0. The molecule has 0 saturated carbocycles. The fraction of sp³-hybridized carbons (Fsp3) is 0.900. The largest absolute Gasteiger partial charge is 0.481 e. The van der Waals surface area contributed by atoms with Crippen molar-refractivity contribution in [2.24, 2.45) is 22.2 Å². The van der Waals surface area contributed by atoms with Gasteiger partial charge in [-0.25, -0.2) is 0 Å². The van der Waals surface area contributed by atoms with Gasteiger partial charge in [-0.05, 0) is 72.6 Å². The van der Waals surface area contributed by atoms with Gasteiger partial charge in [0, 0.05) is 0 Å². The molecule has 0 aromatic carbocycles. The molecule has 25 heavy (non-hydrogen) atoms. The molecule has 2 N–H and O–H groups in total. The molecule has 0 aromatic heterocycles. The topological polar surface area (TPSA) is 83.8 Å². The number of rotatable bonds is 10. The van der Waals surface area contributed by atoms with Gasteiger partial charge in [0.1, 0.15) is 0 Å². The Kier molecular flexibility index (Phi) is 7.31. The Hall–Kier alpha value is -1.10. The molecule has 2 atom stereocenters. The SMILES string of the molecule is CC(CC(C)(C)C(C)(C)C(=O)O)OC(C)(C)CC(C)C(C)(C)C(=O)O. The Bertz CT molecular complexity index is 488. The molecule has 5 heteroatoms. The average molecular weight is 359 g/mol. The van der Waals surface area contributed by atoms with Crippen LogP contribution in [0.3, 0.4) is 0 Å². The molecule has 0 radical (unpaired) electrons. The van der Waals surface area contributed by atoms with Crippen molar-refractivity contribution in [1.82, 2.24) is 0 Å². The summed E-state index contributed by atoms with van der Waals surface area (Å²) in [5.74, 6) is -1.69. The quantitative estimate of drug-likeness (QED) is 0.584. The molecule has 0 rings (SSSR count). The molecule has 0 aliphatic rings. The van der Waals surface area contributed by atoms with Crippen LogP contribution in [-0.4, -0.2) is 33.9 Å². The van der Waals surface area contributed by atoms with Gasteiger partial charge in [0.2, 0.25) is 0 Å². The molecule has 0 bridgehead atoms. The second-order valence-corrected chi connectivity index (χ2v) is 9.84. The number of carboxylic acid groups (broad SMARTS) is 2. The van der Waals surface area contributed by atoms with Crippen molar-refractivity contribution in [3.8, 4) is 0 Å². The summed E-state index contributed by atoms with van der Waals surface area (Å²) in [6.45, 7) is 18.7. The molecule has 0 heterocycles. The first kappa shape index (κ1) is 23.9. The summed E-state index contributed by atoms with van der Waals surface area (Å²) in [5.41, 5.74) is -2.63. The van der Waals surface area contributed by atoms with E-state index in [4.69, 9.17) is 4.74 Å². The maximum absolute atomic E-state index is 11.6. The van der Waals surface area contributed by atoms with Gasteiger partial charge in [-0.2, -0.15) is 0 Å². The van der Waals surface area contributed by atoms with Crippen LogP contribution < -0.4 is 0 Å². The van der Waals surface area contributed by atoms with E-state index in [9.17, 15) is 19.8 Å². The van der Waals surface area contributed by atoms with Crippen molar-refractivity contribution in [2.75, 3.05) is 0 Å². The molecule has 0 aliphatic carbocycles. The van der Waals surface area contributed by atoms with E-state index in [1.807, 2.05) is 41.5 Å². The van der Waals surface area contributed by atoms with Gasteiger partial charge in [0.05, 0.1) is 22.5 Å². The molecular weight excluding hydrogens is 320 g/mol. The zero-order chi connectivity index (χ0) is 20.4. The summed E-state index contributed by atoms with van der Waals surface area (Å²) in [6, 6.07) is 0. The van der Waals surface area contributed by atoms with E-state index < -0.39 is 33.8 Å². The maximum atomic E-state index is 11.6. The highest BCUT2D eigenvalue weighted by molar-refractivity contribution is 5.74. The lowest BCUT2D eigenvalue weighted by molar-refractivity contribution is -0.158. The lowest BCUT2D eigenvalue weighted by Crippen LogP contribution is -2.43.